The fraction of sp³-hybridized carbons (Fsp3) is 0.300. The van der Waals surface area contributed by atoms with Crippen LogP contribution in [0.2, 0.25) is 0 Å². The molecular formula is C20H20N2O2. The lowest BCUT2D eigenvalue weighted by atomic mass is 10.00. The Morgan fingerprint density at radius 2 is 2.25 bits per heavy atom. The summed E-state index contributed by atoms with van der Waals surface area (Å²) in [6, 6.07) is 10.7. The van der Waals surface area contributed by atoms with E-state index in [1.54, 1.807) is 6.20 Å². The molecule has 0 radical (unpaired) electrons. The second-order valence-corrected chi connectivity index (χ2v) is 6.38. The zero-order valence-electron chi connectivity index (χ0n) is 13.5. The van der Waals surface area contributed by atoms with Crippen LogP contribution in [-0.4, -0.2) is 35.3 Å². The van der Waals surface area contributed by atoms with E-state index in [9.17, 15) is 4.79 Å². The number of likely N-dealkylation sites (tertiary alicyclic amines) is 1. The highest BCUT2D eigenvalue weighted by molar-refractivity contribution is 5.86. The second-order valence-electron chi connectivity index (χ2n) is 6.38. The lowest BCUT2D eigenvalue weighted by Gasteiger charge is -2.21. The van der Waals surface area contributed by atoms with Crippen molar-refractivity contribution in [3.8, 4) is 11.1 Å². The number of nitrogens with zero attached hydrogens (tertiary/aromatic N) is 2. The predicted molar refractivity (Wildman–Crippen MR) is 93.8 cm³/mol. The molecule has 122 valence electrons. The predicted octanol–water partition coefficient (Wildman–Crippen LogP) is 3.70. The lowest BCUT2D eigenvalue weighted by Crippen LogP contribution is -2.32. The molecule has 4 heteroatoms. The first-order chi connectivity index (χ1) is 11.8. The Kier molecular flexibility index (Phi) is 4.13. The Hall–Kier alpha value is -2.46. The third-order valence-electron chi connectivity index (χ3n) is 4.91. The monoisotopic (exact) mass is 320 g/mol. The number of aromatic nitrogens is 1. The van der Waals surface area contributed by atoms with Gasteiger partial charge in [0, 0.05) is 29.4 Å². The van der Waals surface area contributed by atoms with Crippen molar-refractivity contribution in [3.63, 3.8) is 0 Å². The topological polar surface area (TPSA) is 46.3 Å². The highest BCUT2D eigenvalue weighted by Crippen LogP contribution is 2.30. The summed E-state index contributed by atoms with van der Waals surface area (Å²) in [5, 5.41) is 1.16. The molecule has 0 amide bonds. The van der Waals surface area contributed by atoms with Gasteiger partial charge in [-0.05, 0) is 55.1 Å². The smallest absolute Gasteiger partial charge is 0.134 e. The van der Waals surface area contributed by atoms with Crippen LogP contribution < -0.4 is 0 Å². The minimum atomic E-state index is 0.429. The van der Waals surface area contributed by atoms with Crippen molar-refractivity contribution in [1.29, 1.82) is 0 Å². The molecule has 24 heavy (non-hydrogen) atoms. The molecule has 1 atom stereocenters. The van der Waals surface area contributed by atoms with Crippen molar-refractivity contribution < 1.29 is 9.21 Å². The average Bonchev–Trinajstić information content (AvgIpc) is 3.23. The van der Waals surface area contributed by atoms with Gasteiger partial charge in [-0.15, -0.1) is 0 Å². The molecule has 3 aromatic rings. The van der Waals surface area contributed by atoms with E-state index in [-0.39, 0.29) is 0 Å². The zero-order chi connectivity index (χ0) is 16.4. The van der Waals surface area contributed by atoms with Crippen LogP contribution in [0.3, 0.4) is 0 Å². The van der Waals surface area contributed by atoms with Crippen molar-refractivity contribution >= 4 is 17.3 Å². The van der Waals surface area contributed by atoms with Crippen LogP contribution in [0.1, 0.15) is 18.4 Å². The molecule has 3 heterocycles. The maximum Gasteiger partial charge on any atom is 0.134 e. The molecule has 1 fully saturated rings. The molecule has 0 N–H and O–H groups in total. The van der Waals surface area contributed by atoms with Crippen molar-refractivity contribution in [3.05, 3.63) is 54.6 Å². The van der Waals surface area contributed by atoms with Gasteiger partial charge in [-0.1, -0.05) is 12.1 Å². The van der Waals surface area contributed by atoms with Crippen LogP contribution in [0.25, 0.3) is 22.1 Å². The van der Waals surface area contributed by atoms with Crippen molar-refractivity contribution in [2.24, 2.45) is 0 Å². The molecule has 1 aliphatic rings. The van der Waals surface area contributed by atoms with E-state index in [1.165, 1.54) is 5.56 Å². The van der Waals surface area contributed by atoms with Crippen molar-refractivity contribution in [2.45, 2.75) is 25.3 Å². The molecule has 1 unspecified atom stereocenters. The first kappa shape index (κ1) is 15.1. The van der Waals surface area contributed by atoms with Gasteiger partial charge < -0.3 is 9.21 Å². The quantitative estimate of drug-likeness (QED) is 0.673. The second kappa shape index (κ2) is 6.57. The molecule has 1 aromatic carbocycles. The van der Waals surface area contributed by atoms with Crippen LogP contribution in [0.5, 0.6) is 0 Å². The number of rotatable bonds is 5. The first-order valence-electron chi connectivity index (χ1n) is 8.43. The van der Waals surface area contributed by atoms with Gasteiger partial charge in [0.15, 0.2) is 0 Å². The molecule has 0 bridgehead atoms. The van der Waals surface area contributed by atoms with Crippen LogP contribution in [-0.2, 0) is 11.2 Å². The zero-order valence-corrected chi connectivity index (χ0v) is 13.5. The first-order valence-corrected chi connectivity index (χ1v) is 8.43. The van der Waals surface area contributed by atoms with Crippen LogP contribution in [0.15, 0.2) is 53.4 Å². The Bertz CT molecular complexity index is 841. The molecule has 4 nitrogen and oxygen atoms in total. The number of furan rings is 1. The molecule has 0 spiro atoms. The Balaban J connectivity index is 1.65. The van der Waals surface area contributed by atoms with E-state index in [0.717, 1.165) is 54.2 Å². The third kappa shape index (κ3) is 2.85. The Morgan fingerprint density at radius 1 is 1.29 bits per heavy atom. The molecule has 0 saturated carbocycles. The minimum absolute atomic E-state index is 0.429. The van der Waals surface area contributed by atoms with Crippen LogP contribution >= 0.6 is 0 Å². The van der Waals surface area contributed by atoms with Gasteiger partial charge in [0.1, 0.15) is 11.9 Å². The van der Waals surface area contributed by atoms with Gasteiger partial charge in [0.05, 0.1) is 12.8 Å². The molecule has 2 aromatic heterocycles. The normalized spacial score (nSPS) is 18.2. The SMILES string of the molecule is O=CCN1CCCC1Cc1coc2ccc(-c3cccnc3)cc12. The number of fused-ring (bicyclic) bond motifs is 1. The highest BCUT2D eigenvalue weighted by Gasteiger charge is 2.25. The Labute approximate surface area is 141 Å². The third-order valence-corrected chi connectivity index (χ3v) is 4.91. The summed E-state index contributed by atoms with van der Waals surface area (Å²) in [4.78, 5) is 17.3. The van der Waals surface area contributed by atoms with Gasteiger partial charge in [0.25, 0.3) is 0 Å². The Morgan fingerprint density at radius 3 is 3.08 bits per heavy atom. The number of benzene rings is 1. The van der Waals surface area contributed by atoms with Gasteiger partial charge >= 0.3 is 0 Å². The average molecular weight is 320 g/mol. The van der Waals surface area contributed by atoms with Gasteiger partial charge in [0.2, 0.25) is 0 Å². The maximum atomic E-state index is 10.9. The van der Waals surface area contributed by atoms with E-state index in [1.807, 2.05) is 24.6 Å². The van der Waals surface area contributed by atoms with E-state index < -0.39 is 0 Å². The van der Waals surface area contributed by atoms with Crippen LogP contribution in [0, 0.1) is 0 Å². The van der Waals surface area contributed by atoms with E-state index in [2.05, 4.69) is 28.1 Å². The largest absolute Gasteiger partial charge is 0.464 e. The summed E-state index contributed by atoms with van der Waals surface area (Å²) in [7, 11) is 0. The van der Waals surface area contributed by atoms with Gasteiger partial charge in [-0.2, -0.15) is 0 Å². The number of carbonyl (C=O) groups is 1. The molecular weight excluding hydrogens is 300 g/mol. The number of pyridine rings is 1. The van der Waals surface area contributed by atoms with E-state index >= 15 is 0 Å². The lowest BCUT2D eigenvalue weighted by molar-refractivity contribution is -0.109. The van der Waals surface area contributed by atoms with Crippen molar-refractivity contribution in [1.82, 2.24) is 9.88 Å². The number of hydrogen-bond acceptors (Lipinski definition) is 4. The summed E-state index contributed by atoms with van der Waals surface area (Å²) in [5.41, 5.74) is 4.39. The van der Waals surface area contributed by atoms with Crippen molar-refractivity contribution in [2.75, 3.05) is 13.1 Å². The number of hydrogen-bond donors (Lipinski definition) is 0. The summed E-state index contributed by atoms with van der Waals surface area (Å²) in [6.45, 7) is 1.54. The fourth-order valence-corrected chi connectivity index (χ4v) is 3.67. The maximum absolute atomic E-state index is 10.9. The summed E-state index contributed by atoms with van der Waals surface area (Å²) >= 11 is 0. The standard InChI is InChI=1S/C20H20N2O2/c23-10-9-22-8-2-4-18(22)11-17-14-24-20-6-5-15(12-19(17)20)16-3-1-7-21-13-16/h1,3,5-7,10,12-14,18H,2,4,8-9,11H2. The molecule has 4 rings (SSSR count). The van der Waals surface area contributed by atoms with Gasteiger partial charge in [-0.3, -0.25) is 9.88 Å². The number of carbonyl (C=O) groups excluding carboxylic acids is 1. The summed E-state index contributed by atoms with van der Waals surface area (Å²) in [5.74, 6) is 0. The fourth-order valence-electron chi connectivity index (χ4n) is 3.67. The summed E-state index contributed by atoms with van der Waals surface area (Å²) < 4.78 is 5.74. The van der Waals surface area contributed by atoms with E-state index in [4.69, 9.17) is 4.42 Å². The molecule has 1 saturated heterocycles. The molecule has 0 aliphatic carbocycles. The van der Waals surface area contributed by atoms with E-state index in [0.29, 0.717) is 12.6 Å². The molecule has 1 aliphatic heterocycles. The summed E-state index contributed by atoms with van der Waals surface area (Å²) in [6.07, 6.45) is 9.77. The minimum Gasteiger partial charge on any atom is -0.464 e. The van der Waals surface area contributed by atoms with Crippen LogP contribution in [0.4, 0.5) is 0 Å². The van der Waals surface area contributed by atoms with Gasteiger partial charge in [-0.25, -0.2) is 0 Å². The number of aldehydes is 1. The highest BCUT2D eigenvalue weighted by atomic mass is 16.3.